The maximum Gasteiger partial charge on any atom is 0.320 e. The number of unbranched alkanes of at least 4 members (excludes halogenated alkanes) is 1. The smallest absolute Gasteiger partial charge is 0.320 e. The number of ether oxygens (including phenoxy) is 1. The molecule has 0 radical (unpaired) electrons. The van der Waals surface area contributed by atoms with Gasteiger partial charge >= 0.3 is 5.97 Å². The zero-order valence-electron chi connectivity index (χ0n) is 11.7. The number of hydrogen-bond acceptors (Lipinski definition) is 3. The largest absolute Gasteiger partial charge is 0.459 e. The molecule has 0 atom stereocenters. The Labute approximate surface area is 128 Å². The summed E-state index contributed by atoms with van der Waals surface area (Å²) in [6.45, 7) is 5.56. The number of hydrogen-bond donors (Lipinski definition) is 0. The van der Waals surface area contributed by atoms with Crippen LogP contribution in [0.4, 0.5) is 0 Å². The van der Waals surface area contributed by atoms with Crippen molar-refractivity contribution in [3.8, 4) is 0 Å². The van der Waals surface area contributed by atoms with Crippen molar-refractivity contribution in [3.63, 3.8) is 0 Å². The summed E-state index contributed by atoms with van der Waals surface area (Å²) in [5.41, 5.74) is -1.29. The fourth-order valence-electron chi connectivity index (χ4n) is 1.86. The Kier molecular flexibility index (Phi) is 5.77. The summed E-state index contributed by atoms with van der Waals surface area (Å²) in [6.07, 6.45) is 8.99. The number of halogens is 1. The first-order valence-corrected chi connectivity index (χ1v) is 8.03. The Bertz CT molecular complexity index is 386. The highest BCUT2D eigenvalue weighted by Crippen LogP contribution is 2.34. The highest BCUT2D eigenvalue weighted by molar-refractivity contribution is 14.1. The van der Waals surface area contributed by atoms with Gasteiger partial charge in [-0.2, -0.15) is 0 Å². The van der Waals surface area contributed by atoms with Gasteiger partial charge in [-0.3, -0.25) is 9.59 Å². The monoisotopic (exact) mass is 376 g/mol. The number of ketones is 1. The summed E-state index contributed by atoms with van der Waals surface area (Å²) in [4.78, 5) is 23.7. The third-order valence-corrected chi connectivity index (χ3v) is 3.61. The van der Waals surface area contributed by atoms with Gasteiger partial charge in [-0.05, 0) is 50.2 Å². The molecule has 1 aliphatic carbocycles. The third kappa shape index (κ3) is 5.09. The number of carbonyl (C=O) groups is 2. The molecule has 0 N–H and O–H groups in total. The zero-order chi connectivity index (χ0) is 14.5. The molecule has 0 fully saturated rings. The first kappa shape index (κ1) is 16.4. The van der Waals surface area contributed by atoms with Crippen LogP contribution in [0.5, 0.6) is 0 Å². The third-order valence-electron chi connectivity index (χ3n) is 2.84. The van der Waals surface area contributed by atoms with Gasteiger partial charge in [0, 0.05) is 0 Å². The molecule has 0 saturated heterocycles. The molecule has 19 heavy (non-hydrogen) atoms. The van der Waals surface area contributed by atoms with Crippen LogP contribution in [0.15, 0.2) is 24.3 Å². The maximum absolute atomic E-state index is 12.4. The molecule has 1 aliphatic rings. The second-order valence-electron chi connectivity index (χ2n) is 5.76. The normalized spacial score (nSPS) is 17.6. The van der Waals surface area contributed by atoms with Crippen LogP contribution >= 0.6 is 22.6 Å². The first-order valence-electron chi connectivity index (χ1n) is 6.51. The molecule has 3 nitrogen and oxygen atoms in total. The number of allylic oxidation sites excluding steroid dienone is 2. The molecule has 0 aromatic rings. The van der Waals surface area contributed by atoms with Crippen LogP contribution in [0.25, 0.3) is 0 Å². The lowest BCUT2D eigenvalue weighted by atomic mass is 9.79. The lowest BCUT2D eigenvalue weighted by molar-refractivity contribution is -0.162. The zero-order valence-corrected chi connectivity index (χ0v) is 13.9. The van der Waals surface area contributed by atoms with Crippen molar-refractivity contribution in [2.45, 2.75) is 45.6 Å². The average Bonchev–Trinajstić information content (AvgIpc) is 2.30. The van der Waals surface area contributed by atoms with Gasteiger partial charge in [0.1, 0.15) is 11.0 Å². The van der Waals surface area contributed by atoms with E-state index in [1.807, 2.05) is 20.8 Å². The average molecular weight is 376 g/mol. The Morgan fingerprint density at radius 3 is 2.32 bits per heavy atom. The number of alkyl halides is 1. The molecular formula is C15H21IO3. The molecule has 0 aromatic carbocycles. The van der Waals surface area contributed by atoms with E-state index < -0.39 is 11.0 Å². The Morgan fingerprint density at radius 2 is 1.84 bits per heavy atom. The van der Waals surface area contributed by atoms with Crippen LogP contribution in [0.1, 0.15) is 40.0 Å². The highest BCUT2D eigenvalue weighted by atomic mass is 127. The lowest BCUT2D eigenvalue weighted by Gasteiger charge is -2.31. The minimum Gasteiger partial charge on any atom is -0.459 e. The molecule has 0 amide bonds. The molecule has 4 heteroatoms. The molecule has 0 heterocycles. The van der Waals surface area contributed by atoms with E-state index in [1.54, 1.807) is 12.2 Å². The minimum absolute atomic E-state index is 0.0759. The number of esters is 1. The summed E-state index contributed by atoms with van der Waals surface area (Å²) in [6, 6.07) is 0. The van der Waals surface area contributed by atoms with E-state index in [1.165, 1.54) is 12.2 Å². The van der Waals surface area contributed by atoms with Crippen molar-refractivity contribution < 1.29 is 14.3 Å². The Hall–Kier alpha value is -0.650. The minimum atomic E-state index is -0.771. The molecule has 0 unspecified atom stereocenters. The van der Waals surface area contributed by atoms with Crippen molar-refractivity contribution in [1.82, 2.24) is 0 Å². The van der Waals surface area contributed by atoms with Gasteiger partial charge in [0.2, 0.25) is 0 Å². The Balaban J connectivity index is 2.87. The van der Waals surface area contributed by atoms with Crippen LogP contribution in [0, 0.1) is 5.41 Å². The summed E-state index contributed by atoms with van der Waals surface area (Å²) < 4.78 is 6.56. The second-order valence-corrected chi connectivity index (χ2v) is 6.84. The predicted octanol–water partition coefficient (Wildman–Crippen LogP) is 3.61. The van der Waals surface area contributed by atoms with E-state index in [0.717, 1.165) is 17.3 Å². The fraction of sp³-hybridized carbons (Fsp3) is 0.600. The van der Waals surface area contributed by atoms with Crippen LogP contribution in [0.2, 0.25) is 0 Å². The van der Waals surface area contributed by atoms with Gasteiger partial charge in [-0.25, -0.2) is 0 Å². The summed E-state index contributed by atoms with van der Waals surface area (Å²) in [7, 11) is 0. The van der Waals surface area contributed by atoms with Crippen molar-refractivity contribution in [3.05, 3.63) is 24.3 Å². The van der Waals surface area contributed by atoms with E-state index in [-0.39, 0.29) is 11.8 Å². The van der Waals surface area contributed by atoms with Gasteiger partial charge in [0.15, 0.2) is 5.78 Å². The number of carbonyl (C=O) groups excluding carboxylic acids is 2. The van der Waals surface area contributed by atoms with Crippen LogP contribution in [-0.4, -0.2) is 21.8 Å². The van der Waals surface area contributed by atoms with E-state index in [4.69, 9.17) is 4.74 Å². The van der Waals surface area contributed by atoms with Crippen molar-refractivity contribution in [2.75, 3.05) is 4.43 Å². The molecule has 0 aromatic heterocycles. The molecule has 0 aliphatic heterocycles. The standard InChI is InChI=1S/C15H21IO3/c1-14(2,3)19-13(18)15(8-4-5-11-16)9-6-12(17)7-10-15/h6-7,9-10H,4-5,8,11H2,1-3H3. The van der Waals surface area contributed by atoms with Crippen molar-refractivity contribution in [2.24, 2.45) is 5.41 Å². The van der Waals surface area contributed by atoms with E-state index >= 15 is 0 Å². The van der Waals surface area contributed by atoms with Gasteiger partial charge in [0.05, 0.1) is 0 Å². The second kappa shape index (κ2) is 6.68. The predicted molar refractivity (Wildman–Crippen MR) is 84.3 cm³/mol. The number of rotatable bonds is 5. The van der Waals surface area contributed by atoms with Gasteiger partial charge in [0.25, 0.3) is 0 Å². The van der Waals surface area contributed by atoms with Gasteiger partial charge in [-0.15, -0.1) is 0 Å². The topological polar surface area (TPSA) is 43.4 Å². The van der Waals surface area contributed by atoms with E-state index in [9.17, 15) is 9.59 Å². The molecule has 0 spiro atoms. The Morgan fingerprint density at radius 1 is 1.26 bits per heavy atom. The fourth-order valence-corrected chi connectivity index (χ4v) is 2.40. The van der Waals surface area contributed by atoms with E-state index in [2.05, 4.69) is 22.6 Å². The highest BCUT2D eigenvalue weighted by Gasteiger charge is 2.38. The van der Waals surface area contributed by atoms with Crippen molar-refractivity contribution >= 4 is 34.3 Å². The van der Waals surface area contributed by atoms with Crippen LogP contribution in [-0.2, 0) is 14.3 Å². The summed E-state index contributed by atoms with van der Waals surface area (Å²) >= 11 is 2.32. The quantitative estimate of drug-likeness (QED) is 0.319. The van der Waals surface area contributed by atoms with Gasteiger partial charge < -0.3 is 4.74 Å². The molecular weight excluding hydrogens is 355 g/mol. The summed E-state index contributed by atoms with van der Waals surface area (Å²) in [5, 5.41) is 0. The van der Waals surface area contributed by atoms with E-state index in [0.29, 0.717) is 6.42 Å². The lowest BCUT2D eigenvalue weighted by Crippen LogP contribution is -2.36. The van der Waals surface area contributed by atoms with Crippen LogP contribution < -0.4 is 0 Å². The summed E-state index contributed by atoms with van der Waals surface area (Å²) in [5.74, 6) is -0.346. The SMILES string of the molecule is CC(C)(C)OC(=O)C1(CCCCI)C=CC(=O)C=C1. The van der Waals surface area contributed by atoms with Crippen LogP contribution in [0.3, 0.4) is 0 Å². The molecule has 0 saturated carbocycles. The molecule has 106 valence electrons. The maximum atomic E-state index is 12.4. The molecule has 1 rings (SSSR count). The van der Waals surface area contributed by atoms with Crippen molar-refractivity contribution in [1.29, 1.82) is 0 Å². The first-order chi connectivity index (χ1) is 8.79. The molecule has 0 bridgehead atoms. The van der Waals surface area contributed by atoms with Gasteiger partial charge in [-0.1, -0.05) is 41.2 Å².